The average Bonchev–Trinajstić information content (AvgIpc) is 2.92. The van der Waals surface area contributed by atoms with E-state index in [4.69, 9.17) is 0 Å². The number of carbonyl (C=O) groups excluding carboxylic acids is 5. The lowest BCUT2D eigenvalue weighted by atomic mass is 9.85. The summed E-state index contributed by atoms with van der Waals surface area (Å²) in [6.45, 7) is 1.42. The van der Waals surface area contributed by atoms with Gasteiger partial charge in [0.05, 0.1) is 0 Å². The van der Waals surface area contributed by atoms with Crippen LogP contribution in [0, 0.1) is 5.92 Å². The Morgan fingerprint density at radius 1 is 1.03 bits per heavy atom. The first kappa shape index (κ1) is 20.5. The number of hydrogen-bond acceptors (Lipinski definition) is 5. The number of nitrogens with zero attached hydrogens (tertiary/aromatic N) is 2. The molecule has 3 rings (SSSR count). The maximum Gasteiger partial charge on any atom is 0.334 e. The summed E-state index contributed by atoms with van der Waals surface area (Å²) in [6.07, 6.45) is 3.49. The number of benzene rings is 1. The minimum Gasteiger partial charge on any atom is -0.355 e. The minimum atomic E-state index is -0.974. The highest BCUT2D eigenvalue weighted by Crippen LogP contribution is 2.31. The van der Waals surface area contributed by atoms with Gasteiger partial charge in [-0.1, -0.05) is 19.8 Å². The van der Waals surface area contributed by atoms with E-state index >= 15 is 0 Å². The molecule has 2 fully saturated rings. The van der Waals surface area contributed by atoms with E-state index in [0.717, 1.165) is 24.2 Å². The van der Waals surface area contributed by atoms with Gasteiger partial charge in [-0.25, -0.2) is 9.69 Å². The predicted molar refractivity (Wildman–Crippen MR) is 104 cm³/mol. The van der Waals surface area contributed by atoms with Crippen molar-refractivity contribution in [1.29, 1.82) is 0 Å². The molecule has 1 saturated heterocycles. The van der Waals surface area contributed by atoms with Crippen molar-refractivity contribution < 1.29 is 24.0 Å². The van der Waals surface area contributed by atoms with E-state index in [-0.39, 0.29) is 17.9 Å². The number of rotatable bonds is 5. The Kier molecular flexibility index (Phi) is 5.95. The monoisotopic (exact) mass is 400 g/mol. The molecule has 1 aromatic rings. The highest BCUT2D eigenvalue weighted by Gasteiger charge is 2.49. The maximum atomic E-state index is 12.7. The Labute approximate surface area is 168 Å². The van der Waals surface area contributed by atoms with Gasteiger partial charge in [0.1, 0.15) is 6.54 Å². The third-order valence-electron chi connectivity index (χ3n) is 5.44. The Bertz CT molecular complexity index is 851. The zero-order chi connectivity index (χ0) is 21.1. The summed E-state index contributed by atoms with van der Waals surface area (Å²) in [5, 5.41) is 5.06. The van der Waals surface area contributed by atoms with E-state index in [2.05, 4.69) is 10.6 Å². The van der Waals surface area contributed by atoms with Crippen LogP contribution in [0.5, 0.6) is 0 Å². The number of nitrogens with one attached hydrogen (secondary N) is 2. The van der Waals surface area contributed by atoms with Crippen LogP contribution in [0.4, 0.5) is 10.5 Å². The van der Waals surface area contributed by atoms with Crippen molar-refractivity contribution in [3.8, 4) is 0 Å². The number of urea groups is 1. The molecule has 1 aliphatic carbocycles. The molecule has 1 aromatic carbocycles. The first-order valence-corrected chi connectivity index (χ1v) is 9.64. The summed E-state index contributed by atoms with van der Waals surface area (Å²) in [7, 11) is 1.51. The van der Waals surface area contributed by atoms with Crippen molar-refractivity contribution in [3.63, 3.8) is 0 Å². The van der Waals surface area contributed by atoms with Crippen molar-refractivity contribution in [2.75, 3.05) is 18.9 Å². The van der Waals surface area contributed by atoms with Crippen LogP contribution >= 0.6 is 0 Å². The second kappa shape index (κ2) is 8.42. The Hall–Kier alpha value is -3.23. The molecule has 9 heteroatoms. The van der Waals surface area contributed by atoms with Crippen LogP contribution in [0.3, 0.4) is 0 Å². The molecule has 1 aliphatic heterocycles. The van der Waals surface area contributed by atoms with Crippen molar-refractivity contribution in [2.24, 2.45) is 5.92 Å². The molecule has 0 radical (unpaired) electrons. The van der Waals surface area contributed by atoms with E-state index in [9.17, 15) is 24.0 Å². The number of hydrogen-bond donors (Lipinski definition) is 2. The van der Waals surface area contributed by atoms with Gasteiger partial charge in [-0.3, -0.25) is 24.1 Å². The van der Waals surface area contributed by atoms with Gasteiger partial charge in [-0.05, 0) is 43.0 Å². The lowest BCUT2D eigenvalue weighted by Gasteiger charge is -2.34. The summed E-state index contributed by atoms with van der Waals surface area (Å²) < 4.78 is 0. The predicted octanol–water partition coefficient (Wildman–Crippen LogP) is 1.35. The first-order valence-electron chi connectivity index (χ1n) is 9.64. The summed E-state index contributed by atoms with van der Waals surface area (Å²) in [6, 6.07) is 5.11. The number of amides is 6. The van der Waals surface area contributed by atoms with Gasteiger partial charge in [0.25, 0.3) is 5.91 Å². The van der Waals surface area contributed by atoms with Crippen LogP contribution in [0.15, 0.2) is 24.3 Å². The smallest absolute Gasteiger partial charge is 0.334 e. The zero-order valence-electron chi connectivity index (χ0n) is 16.4. The second-order valence-electron chi connectivity index (χ2n) is 7.38. The van der Waals surface area contributed by atoms with Gasteiger partial charge in [-0.2, -0.15) is 0 Å². The summed E-state index contributed by atoms with van der Waals surface area (Å²) >= 11 is 0. The van der Waals surface area contributed by atoms with E-state index in [0.29, 0.717) is 22.6 Å². The lowest BCUT2D eigenvalue weighted by Crippen LogP contribution is -2.46. The van der Waals surface area contributed by atoms with Crippen LogP contribution < -0.4 is 10.6 Å². The maximum absolute atomic E-state index is 12.7. The normalized spacial score (nSPS) is 22.1. The van der Waals surface area contributed by atoms with E-state index in [1.807, 2.05) is 6.92 Å². The zero-order valence-corrected chi connectivity index (χ0v) is 16.4. The molecular formula is C20H24N4O5. The second-order valence-corrected chi connectivity index (χ2v) is 7.38. The fourth-order valence-electron chi connectivity index (χ4n) is 3.83. The Balaban J connectivity index is 1.65. The highest BCUT2D eigenvalue weighted by molar-refractivity contribution is 6.45. The standard InChI is InChI=1S/C20H24N4O5/c1-12-5-3-4-6-15(12)24-19(28)18(27)23(20(24)29)11-16(25)22-14-9-7-13(8-10-14)17(26)21-2/h7-10,12,15H,3-6,11H2,1-2H3,(H,21,26)(H,22,25)/t12-,15-/m1/s1. The van der Waals surface area contributed by atoms with Gasteiger partial charge in [0.2, 0.25) is 5.91 Å². The number of carbonyl (C=O) groups is 5. The summed E-state index contributed by atoms with van der Waals surface area (Å²) in [5.41, 5.74) is 0.837. The topological polar surface area (TPSA) is 116 Å². The highest BCUT2D eigenvalue weighted by atomic mass is 16.2. The number of anilines is 1. The molecule has 6 amide bonds. The third kappa shape index (κ3) is 4.13. The molecule has 1 heterocycles. The van der Waals surface area contributed by atoms with E-state index in [1.165, 1.54) is 31.3 Å². The van der Waals surface area contributed by atoms with Crippen LogP contribution in [-0.2, 0) is 14.4 Å². The van der Waals surface area contributed by atoms with Crippen LogP contribution in [0.1, 0.15) is 43.0 Å². The van der Waals surface area contributed by atoms with Crippen molar-refractivity contribution >= 4 is 35.3 Å². The lowest BCUT2D eigenvalue weighted by molar-refractivity contribution is -0.145. The Morgan fingerprint density at radius 3 is 2.31 bits per heavy atom. The molecule has 0 unspecified atom stereocenters. The molecule has 2 atom stereocenters. The molecular weight excluding hydrogens is 376 g/mol. The largest absolute Gasteiger partial charge is 0.355 e. The SMILES string of the molecule is CNC(=O)c1ccc(NC(=O)CN2C(=O)C(=O)N([C@@H]3CCCC[C@H]3C)C2=O)cc1. The molecule has 1 saturated carbocycles. The first-order chi connectivity index (χ1) is 13.8. The minimum absolute atomic E-state index is 0.122. The van der Waals surface area contributed by atoms with Gasteiger partial charge in [0.15, 0.2) is 0 Å². The molecule has 154 valence electrons. The molecule has 9 nitrogen and oxygen atoms in total. The van der Waals surface area contributed by atoms with Crippen molar-refractivity contribution in [2.45, 2.75) is 38.6 Å². The quantitative estimate of drug-likeness (QED) is 0.572. The fourth-order valence-corrected chi connectivity index (χ4v) is 3.83. The fraction of sp³-hybridized carbons (Fsp3) is 0.450. The van der Waals surface area contributed by atoms with Crippen molar-refractivity contribution in [1.82, 2.24) is 15.1 Å². The van der Waals surface area contributed by atoms with Crippen LogP contribution in [-0.4, -0.2) is 59.1 Å². The molecule has 2 aliphatic rings. The molecule has 29 heavy (non-hydrogen) atoms. The van der Waals surface area contributed by atoms with Crippen LogP contribution in [0.25, 0.3) is 0 Å². The molecule has 0 aromatic heterocycles. The van der Waals surface area contributed by atoms with Crippen molar-refractivity contribution in [3.05, 3.63) is 29.8 Å². The summed E-state index contributed by atoms with van der Waals surface area (Å²) in [5.74, 6) is -2.58. The third-order valence-corrected chi connectivity index (χ3v) is 5.44. The number of imide groups is 2. The van der Waals surface area contributed by atoms with Crippen LogP contribution in [0.2, 0.25) is 0 Å². The van der Waals surface area contributed by atoms with E-state index in [1.54, 1.807) is 0 Å². The van der Waals surface area contributed by atoms with E-state index < -0.39 is 30.3 Å². The summed E-state index contributed by atoms with van der Waals surface area (Å²) in [4.78, 5) is 63.0. The van der Waals surface area contributed by atoms with Gasteiger partial charge in [0, 0.05) is 24.3 Å². The molecule has 0 bridgehead atoms. The Morgan fingerprint density at radius 2 is 1.69 bits per heavy atom. The molecule has 0 spiro atoms. The average molecular weight is 400 g/mol. The molecule has 2 N–H and O–H groups in total. The van der Waals surface area contributed by atoms with Gasteiger partial charge < -0.3 is 10.6 Å². The van der Waals surface area contributed by atoms with Gasteiger partial charge >= 0.3 is 17.8 Å². The van der Waals surface area contributed by atoms with Gasteiger partial charge in [-0.15, -0.1) is 0 Å².